The van der Waals surface area contributed by atoms with Crippen LogP contribution in [0.15, 0.2) is 29.5 Å². The first-order valence-electron chi connectivity index (χ1n) is 6.05. The van der Waals surface area contributed by atoms with Crippen LogP contribution in [0.4, 0.5) is 0 Å². The Bertz CT molecular complexity index is 568. The first-order valence-corrected chi connectivity index (χ1v) is 6.05. The average Bonchev–Trinajstić information content (AvgIpc) is 2.67. The van der Waals surface area contributed by atoms with E-state index in [1.165, 1.54) is 5.56 Å². The number of imidazole rings is 1. The molecular formula is C13H19N5. The summed E-state index contributed by atoms with van der Waals surface area (Å²) in [6.45, 7) is 6.60. The highest BCUT2D eigenvalue weighted by molar-refractivity contribution is 5.78. The van der Waals surface area contributed by atoms with Gasteiger partial charge in [-0.1, -0.05) is 6.07 Å². The molecule has 0 atom stereocenters. The van der Waals surface area contributed by atoms with Crippen molar-refractivity contribution in [3.8, 4) is 0 Å². The summed E-state index contributed by atoms with van der Waals surface area (Å²) in [5, 5.41) is 3.05. The summed E-state index contributed by atoms with van der Waals surface area (Å²) >= 11 is 0. The zero-order valence-electron chi connectivity index (χ0n) is 11.0. The molecule has 0 aliphatic carbocycles. The van der Waals surface area contributed by atoms with Crippen molar-refractivity contribution in [1.82, 2.24) is 14.7 Å². The van der Waals surface area contributed by atoms with Gasteiger partial charge in [-0.25, -0.2) is 9.98 Å². The lowest BCUT2D eigenvalue weighted by Gasteiger charge is -2.07. The highest BCUT2D eigenvalue weighted by atomic mass is 15.1. The van der Waals surface area contributed by atoms with Gasteiger partial charge in [-0.05, 0) is 32.4 Å². The van der Waals surface area contributed by atoms with Crippen LogP contribution < -0.4 is 11.1 Å². The van der Waals surface area contributed by atoms with Crippen LogP contribution in [-0.2, 0) is 6.54 Å². The molecule has 0 aliphatic heterocycles. The molecule has 0 amide bonds. The van der Waals surface area contributed by atoms with E-state index in [9.17, 15) is 0 Å². The number of aryl methyl sites for hydroxylation is 1. The van der Waals surface area contributed by atoms with Crippen molar-refractivity contribution in [2.24, 2.45) is 10.7 Å². The van der Waals surface area contributed by atoms with Gasteiger partial charge in [0, 0.05) is 18.4 Å². The van der Waals surface area contributed by atoms with Gasteiger partial charge in [0.1, 0.15) is 5.65 Å². The Balaban J connectivity index is 2.12. The molecule has 2 heterocycles. The minimum absolute atomic E-state index is 0.289. The third-order valence-electron chi connectivity index (χ3n) is 2.50. The molecule has 2 rings (SSSR count). The number of nitrogens with one attached hydrogen (secondary N) is 1. The highest BCUT2D eigenvalue weighted by Gasteiger charge is 2.01. The van der Waals surface area contributed by atoms with Crippen LogP contribution >= 0.6 is 0 Å². The molecule has 0 spiro atoms. The van der Waals surface area contributed by atoms with Crippen molar-refractivity contribution in [2.45, 2.75) is 33.4 Å². The van der Waals surface area contributed by atoms with Gasteiger partial charge in [0.25, 0.3) is 0 Å². The molecule has 0 aliphatic rings. The Kier molecular flexibility index (Phi) is 3.50. The van der Waals surface area contributed by atoms with Crippen LogP contribution in [0.2, 0.25) is 0 Å². The molecule has 18 heavy (non-hydrogen) atoms. The Labute approximate surface area is 107 Å². The van der Waals surface area contributed by atoms with Crippen molar-refractivity contribution in [3.05, 3.63) is 35.8 Å². The van der Waals surface area contributed by atoms with Crippen LogP contribution in [0.5, 0.6) is 0 Å². The summed E-state index contributed by atoms with van der Waals surface area (Å²) in [5.74, 6) is 0.457. The Morgan fingerprint density at radius 3 is 2.94 bits per heavy atom. The summed E-state index contributed by atoms with van der Waals surface area (Å²) in [4.78, 5) is 8.74. The zero-order chi connectivity index (χ0) is 13.1. The van der Waals surface area contributed by atoms with Crippen LogP contribution in [0, 0.1) is 6.92 Å². The maximum Gasteiger partial charge on any atom is 0.189 e. The molecular weight excluding hydrogens is 226 g/mol. The maximum atomic E-state index is 5.75. The minimum atomic E-state index is 0.289. The van der Waals surface area contributed by atoms with E-state index in [1.54, 1.807) is 0 Å². The average molecular weight is 245 g/mol. The molecule has 0 fully saturated rings. The highest BCUT2D eigenvalue weighted by Crippen LogP contribution is 2.07. The molecule has 5 heteroatoms. The summed E-state index contributed by atoms with van der Waals surface area (Å²) in [5.41, 5.74) is 8.79. The number of aromatic nitrogens is 2. The third-order valence-corrected chi connectivity index (χ3v) is 2.50. The number of aliphatic imine (C=N–C) groups is 1. The fourth-order valence-corrected chi connectivity index (χ4v) is 1.74. The first kappa shape index (κ1) is 12.4. The normalized spacial score (nSPS) is 12.3. The maximum absolute atomic E-state index is 5.75. The van der Waals surface area contributed by atoms with Crippen LogP contribution in [0.3, 0.4) is 0 Å². The van der Waals surface area contributed by atoms with Gasteiger partial charge in [-0.3, -0.25) is 0 Å². The fraction of sp³-hybridized carbons (Fsp3) is 0.385. The number of rotatable bonds is 3. The van der Waals surface area contributed by atoms with Gasteiger partial charge >= 0.3 is 0 Å². The minimum Gasteiger partial charge on any atom is -0.370 e. The van der Waals surface area contributed by atoms with Gasteiger partial charge in [0.15, 0.2) is 5.96 Å². The van der Waals surface area contributed by atoms with E-state index in [1.807, 2.05) is 42.8 Å². The lowest BCUT2D eigenvalue weighted by Crippen LogP contribution is -2.36. The van der Waals surface area contributed by atoms with Crippen LogP contribution in [0.25, 0.3) is 5.65 Å². The SMILES string of the molecule is Cc1ccc2nc(CN=C(N)NC(C)C)cn2c1. The number of fused-ring (bicyclic) bond motifs is 1. The number of nitrogens with zero attached hydrogens (tertiary/aromatic N) is 3. The topological polar surface area (TPSA) is 67.7 Å². The molecule has 5 nitrogen and oxygen atoms in total. The van der Waals surface area contributed by atoms with Gasteiger partial charge in [0.05, 0.1) is 12.2 Å². The van der Waals surface area contributed by atoms with E-state index >= 15 is 0 Å². The molecule has 0 radical (unpaired) electrons. The summed E-state index contributed by atoms with van der Waals surface area (Å²) in [7, 11) is 0. The molecule has 3 N–H and O–H groups in total. The molecule has 0 bridgehead atoms. The van der Waals surface area contributed by atoms with E-state index in [0.717, 1.165) is 11.3 Å². The summed E-state index contributed by atoms with van der Waals surface area (Å²) in [6, 6.07) is 4.33. The van der Waals surface area contributed by atoms with Crippen molar-refractivity contribution in [1.29, 1.82) is 0 Å². The largest absolute Gasteiger partial charge is 0.370 e. The lowest BCUT2D eigenvalue weighted by atomic mass is 10.3. The van der Waals surface area contributed by atoms with Gasteiger partial charge in [-0.15, -0.1) is 0 Å². The monoisotopic (exact) mass is 245 g/mol. The quantitative estimate of drug-likeness (QED) is 0.635. The zero-order valence-corrected chi connectivity index (χ0v) is 11.0. The molecule has 0 saturated heterocycles. The second-order valence-corrected chi connectivity index (χ2v) is 4.70. The van der Waals surface area contributed by atoms with Gasteiger partial charge in [0.2, 0.25) is 0 Å². The molecule has 2 aromatic heterocycles. The number of pyridine rings is 1. The Morgan fingerprint density at radius 1 is 1.44 bits per heavy atom. The first-order chi connectivity index (χ1) is 8.54. The van der Waals surface area contributed by atoms with Crippen molar-refractivity contribution in [2.75, 3.05) is 0 Å². The number of hydrogen-bond acceptors (Lipinski definition) is 2. The van der Waals surface area contributed by atoms with Gasteiger partial charge in [-0.2, -0.15) is 0 Å². The lowest BCUT2D eigenvalue weighted by molar-refractivity contribution is 0.723. The predicted molar refractivity (Wildman–Crippen MR) is 73.5 cm³/mol. The van der Waals surface area contributed by atoms with E-state index in [0.29, 0.717) is 12.5 Å². The summed E-state index contributed by atoms with van der Waals surface area (Å²) in [6.07, 6.45) is 4.03. The number of guanidine groups is 1. The Morgan fingerprint density at radius 2 is 2.22 bits per heavy atom. The number of nitrogens with two attached hydrogens (primary N) is 1. The number of hydrogen-bond donors (Lipinski definition) is 2. The van der Waals surface area contributed by atoms with E-state index < -0.39 is 0 Å². The molecule has 0 saturated carbocycles. The van der Waals surface area contributed by atoms with E-state index in [-0.39, 0.29) is 6.04 Å². The smallest absolute Gasteiger partial charge is 0.189 e. The predicted octanol–water partition coefficient (Wildman–Crippen LogP) is 1.46. The second kappa shape index (κ2) is 5.08. The molecule has 96 valence electrons. The van der Waals surface area contributed by atoms with Crippen molar-refractivity contribution in [3.63, 3.8) is 0 Å². The van der Waals surface area contributed by atoms with Crippen molar-refractivity contribution >= 4 is 11.6 Å². The second-order valence-electron chi connectivity index (χ2n) is 4.70. The summed E-state index contributed by atoms with van der Waals surface area (Å²) < 4.78 is 2.01. The van der Waals surface area contributed by atoms with E-state index in [4.69, 9.17) is 5.73 Å². The van der Waals surface area contributed by atoms with Crippen molar-refractivity contribution < 1.29 is 0 Å². The molecule has 0 unspecified atom stereocenters. The van der Waals surface area contributed by atoms with Gasteiger partial charge < -0.3 is 15.5 Å². The molecule has 2 aromatic rings. The van der Waals surface area contributed by atoms with E-state index in [2.05, 4.69) is 22.2 Å². The third kappa shape index (κ3) is 3.00. The Hall–Kier alpha value is -2.04. The fourth-order valence-electron chi connectivity index (χ4n) is 1.74. The molecule has 0 aromatic carbocycles. The van der Waals surface area contributed by atoms with Crippen LogP contribution in [0.1, 0.15) is 25.1 Å². The standard InChI is InChI=1S/C13H19N5/c1-9(2)16-13(14)15-6-11-8-18-7-10(3)4-5-12(18)17-11/h4-5,7-9H,6H2,1-3H3,(H3,14,15,16). The van der Waals surface area contributed by atoms with Crippen LogP contribution in [-0.4, -0.2) is 21.4 Å².